The first-order valence-electron chi connectivity index (χ1n) is 5.89. The van der Waals surface area contributed by atoms with Crippen LogP contribution in [0.1, 0.15) is 21.5 Å². The minimum absolute atomic E-state index is 0.127. The normalized spacial score (nSPS) is 9.55. The van der Waals surface area contributed by atoms with Gasteiger partial charge in [0.15, 0.2) is 0 Å². The predicted molar refractivity (Wildman–Crippen MR) is 72.2 cm³/mol. The lowest BCUT2D eigenvalue weighted by atomic mass is 10.1. The molecule has 20 heavy (non-hydrogen) atoms. The monoisotopic (exact) mass is 271 g/mol. The van der Waals surface area contributed by atoms with E-state index in [0.29, 0.717) is 11.1 Å². The summed E-state index contributed by atoms with van der Waals surface area (Å²) in [4.78, 5) is 11.3. The Bertz CT molecular complexity index is 697. The van der Waals surface area contributed by atoms with Gasteiger partial charge in [-0.3, -0.25) is 4.79 Å². The summed E-state index contributed by atoms with van der Waals surface area (Å²) >= 11 is 0. The van der Waals surface area contributed by atoms with E-state index in [0.717, 1.165) is 12.1 Å². The molecule has 0 aliphatic rings. The molecule has 0 aromatic heterocycles. The molecule has 1 amide bonds. The highest BCUT2D eigenvalue weighted by Gasteiger charge is 2.02. The fourth-order valence-corrected chi connectivity index (χ4v) is 1.58. The summed E-state index contributed by atoms with van der Waals surface area (Å²) in [5, 5.41) is 2.51. The molecule has 0 radical (unpaired) electrons. The maximum atomic E-state index is 13.4. The Kier molecular flexibility index (Phi) is 4.11. The van der Waals surface area contributed by atoms with Gasteiger partial charge < -0.3 is 5.32 Å². The zero-order valence-electron chi connectivity index (χ0n) is 10.7. The van der Waals surface area contributed by atoms with Gasteiger partial charge in [0.1, 0.15) is 11.6 Å². The minimum Gasteiger partial charge on any atom is -0.355 e. The summed E-state index contributed by atoms with van der Waals surface area (Å²) in [7, 11) is 1.55. The van der Waals surface area contributed by atoms with Crippen LogP contribution in [-0.2, 0) is 0 Å². The van der Waals surface area contributed by atoms with Crippen molar-refractivity contribution >= 4 is 5.91 Å². The van der Waals surface area contributed by atoms with Crippen molar-refractivity contribution in [2.75, 3.05) is 7.05 Å². The molecule has 0 atom stereocenters. The van der Waals surface area contributed by atoms with Gasteiger partial charge in [-0.25, -0.2) is 8.78 Å². The number of carbonyl (C=O) groups excluding carboxylic acids is 1. The van der Waals surface area contributed by atoms with Crippen LogP contribution in [0.15, 0.2) is 42.5 Å². The number of amides is 1. The van der Waals surface area contributed by atoms with Crippen LogP contribution in [0, 0.1) is 23.5 Å². The minimum atomic E-state index is -0.695. The second-order valence-corrected chi connectivity index (χ2v) is 4.03. The number of halogens is 2. The average molecular weight is 271 g/mol. The number of hydrogen-bond donors (Lipinski definition) is 1. The molecule has 2 aromatic rings. The van der Waals surface area contributed by atoms with Crippen LogP contribution in [0.25, 0.3) is 0 Å². The zero-order valence-corrected chi connectivity index (χ0v) is 10.7. The van der Waals surface area contributed by atoms with Gasteiger partial charge in [-0.05, 0) is 36.4 Å². The van der Waals surface area contributed by atoms with Crippen LogP contribution in [-0.4, -0.2) is 13.0 Å². The van der Waals surface area contributed by atoms with Crippen molar-refractivity contribution < 1.29 is 13.6 Å². The lowest BCUT2D eigenvalue weighted by Crippen LogP contribution is -2.17. The third kappa shape index (κ3) is 3.21. The van der Waals surface area contributed by atoms with Gasteiger partial charge in [-0.1, -0.05) is 11.8 Å². The highest BCUT2D eigenvalue weighted by molar-refractivity contribution is 5.94. The van der Waals surface area contributed by atoms with Crippen molar-refractivity contribution in [3.05, 3.63) is 70.8 Å². The first-order valence-corrected chi connectivity index (χ1v) is 5.89. The average Bonchev–Trinajstić information content (AvgIpc) is 2.46. The molecule has 2 nitrogen and oxygen atoms in total. The molecule has 0 bridgehead atoms. The van der Waals surface area contributed by atoms with Crippen LogP contribution in [0.5, 0.6) is 0 Å². The van der Waals surface area contributed by atoms with Gasteiger partial charge in [0, 0.05) is 24.2 Å². The van der Waals surface area contributed by atoms with E-state index in [9.17, 15) is 13.6 Å². The Morgan fingerprint density at radius 3 is 2.35 bits per heavy atom. The van der Waals surface area contributed by atoms with Crippen molar-refractivity contribution in [2.24, 2.45) is 0 Å². The van der Waals surface area contributed by atoms with Crippen molar-refractivity contribution in [1.29, 1.82) is 0 Å². The Balaban J connectivity index is 2.22. The van der Waals surface area contributed by atoms with Gasteiger partial charge in [-0.2, -0.15) is 0 Å². The molecule has 0 heterocycles. The third-order valence-corrected chi connectivity index (χ3v) is 2.65. The van der Waals surface area contributed by atoms with E-state index < -0.39 is 11.6 Å². The lowest BCUT2D eigenvalue weighted by molar-refractivity contribution is 0.0963. The number of nitrogens with one attached hydrogen (secondary N) is 1. The maximum absolute atomic E-state index is 13.4. The van der Waals surface area contributed by atoms with E-state index in [4.69, 9.17) is 0 Å². The van der Waals surface area contributed by atoms with E-state index in [2.05, 4.69) is 17.2 Å². The van der Waals surface area contributed by atoms with Crippen molar-refractivity contribution in [3.63, 3.8) is 0 Å². The van der Waals surface area contributed by atoms with E-state index in [1.807, 2.05) is 0 Å². The second kappa shape index (κ2) is 5.98. The molecule has 1 N–H and O–H groups in total. The molecule has 4 heteroatoms. The molecule has 100 valence electrons. The standard InChI is InChI=1S/C16H11F2NO/c1-19-16(20)13-6-3-11(4-7-13)2-5-12-8-9-14(17)10-15(12)18/h3-4,6-10H,1H3,(H,19,20). The van der Waals surface area contributed by atoms with Gasteiger partial charge in [0.05, 0.1) is 5.56 Å². The quantitative estimate of drug-likeness (QED) is 0.794. The molecule has 0 spiro atoms. The molecule has 0 saturated heterocycles. The lowest BCUT2D eigenvalue weighted by Gasteiger charge is -1.98. The van der Waals surface area contributed by atoms with Gasteiger partial charge in [0.2, 0.25) is 0 Å². The summed E-state index contributed by atoms with van der Waals surface area (Å²) in [6, 6.07) is 9.82. The fraction of sp³-hybridized carbons (Fsp3) is 0.0625. The summed E-state index contributed by atoms with van der Waals surface area (Å²) in [6.45, 7) is 0. The smallest absolute Gasteiger partial charge is 0.251 e. The first kappa shape index (κ1) is 13.8. The topological polar surface area (TPSA) is 29.1 Å². The molecule has 2 rings (SSSR count). The predicted octanol–water partition coefficient (Wildman–Crippen LogP) is 2.72. The molecular formula is C16H11F2NO. The van der Waals surface area contributed by atoms with Crippen LogP contribution < -0.4 is 5.32 Å². The number of benzene rings is 2. The summed E-state index contributed by atoms with van der Waals surface area (Å²) < 4.78 is 26.1. The van der Waals surface area contributed by atoms with E-state index in [-0.39, 0.29) is 11.5 Å². The Morgan fingerprint density at radius 2 is 1.75 bits per heavy atom. The highest BCUT2D eigenvalue weighted by atomic mass is 19.1. The molecular weight excluding hydrogens is 260 g/mol. The first-order chi connectivity index (χ1) is 9.60. The summed E-state index contributed by atoms with van der Waals surface area (Å²) in [6.07, 6.45) is 0. The third-order valence-electron chi connectivity index (χ3n) is 2.65. The van der Waals surface area contributed by atoms with Crippen LogP contribution in [0.4, 0.5) is 8.78 Å². The zero-order chi connectivity index (χ0) is 14.5. The Labute approximate surface area is 115 Å². The van der Waals surface area contributed by atoms with Gasteiger partial charge >= 0.3 is 0 Å². The maximum Gasteiger partial charge on any atom is 0.251 e. The molecule has 0 saturated carbocycles. The number of hydrogen-bond acceptors (Lipinski definition) is 1. The Hall–Kier alpha value is -2.67. The van der Waals surface area contributed by atoms with Crippen molar-refractivity contribution in [3.8, 4) is 11.8 Å². The van der Waals surface area contributed by atoms with Gasteiger partial charge in [0.25, 0.3) is 5.91 Å². The van der Waals surface area contributed by atoms with Crippen molar-refractivity contribution in [2.45, 2.75) is 0 Å². The van der Waals surface area contributed by atoms with Crippen LogP contribution >= 0.6 is 0 Å². The van der Waals surface area contributed by atoms with Crippen LogP contribution in [0.3, 0.4) is 0 Å². The fourth-order valence-electron chi connectivity index (χ4n) is 1.58. The highest BCUT2D eigenvalue weighted by Crippen LogP contribution is 2.09. The molecule has 0 aliphatic heterocycles. The van der Waals surface area contributed by atoms with Crippen molar-refractivity contribution in [1.82, 2.24) is 5.32 Å². The van der Waals surface area contributed by atoms with E-state index in [1.54, 1.807) is 31.3 Å². The second-order valence-electron chi connectivity index (χ2n) is 4.03. The number of carbonyl (C=O) groups is 1. The Morgan fingerprint density at radius 1 is 1.05 bits per heavy atom. The SMILES string of the molecule is CNC(=O)c1ccc(C#Cc2ccc(F)cc2F)cc1. The molecule has 0 fully saturated rings. The summed E-state index contributed by atoms with van der Waals surface area (Å²) in [5.74, 6) is 3.87. The molecule has 0 aliphatic carbocycles. The van der Waals surface area contributed by atoms with E-state index in [1.165, 1.54) is 6.07 Å². The molecule has 2 aromatic carbocycles. The van der Waals surface area contributed by atoms with Gasteiger partial charge in [-0.15, -0.1) is 0 Å². The largest absolute Gasteiger partial charge is 0.355 e. The summed E-state index contributed by atoms with van der Waals surface area (Å²) in [5.41, 5.74) is 1.29. The number of rotatable bonds is 1. The molecule has 0 unspecified atom stereocenters. The van der Waals surface area contributed by atoms with E-state index >= 15 is 0 Å². The van der Waals surface area contributed by atoms with Crippen LogP contribution in [0.2, 0.25) is 0 Å².